The molecule has 3 N–H and O–H groups in total. The van der Waals surface area contributed by atoms with Crippen LogP contribution in [0.4, 0.5) is 0 Å². The van der Waals surface area contributed by atoms with E-state index in [0.29, 0.717) is 5.11 Å². The smallest absolute Gasteiger partial charge is 0.239 e. The highest BCUT2D eigenvalue weighted by Gasteiger charge is 2.00. The van der Waals surface area contributed by atoms with Crippen molar-refractivity contribution < 1.29 is 4.79 Å². The number of carbonyl (C=O) groups is 1. The molecule has 0 bridgehead atoms. The van der Waals surface area contributed by atoms with Gasteiger partial charge >= 0.3 is 0 Å². The SMILES string of the molecule is CCCNC(=O)CNC(=S)NCCC. The molecule has 0 aliphatic carbocycles. The van der Waals surface area contributed by atoms with Crippen molar-refractivity contribution in [2.75, 3.05) is 19.6 Å². The second-order valence-corrected chi connectivity index (χ2v) is 3.37. The highest BCUT2D eigenvalue weighted by atomic mass is 32.1. The van der Waals surface area contributed by atoms with E-state index in [1.165, 1.54) is 0 Å². The summed E-state index contributed by atoms with van der Waals surface area (Å²) in [7, 11) is 0. The van der Waals surface area contributed by atoms with Gasteiger partial charge in [-0.15, -0.1) is 0 Å². The van der Waals surface area contributed by atoms with Crippen LogP contribution in [0, 0.1) is 0 Å². The van der Waals surface area contributed by atoms with Crippen molar-refractivity contribution >= 4 is 23.2 Å². The molecule has 0 rings (SSSR count). The van der Waals surface area contributed by atoms with Crippen LogP contribution in [0.25, 0.3) is 0 Å². The first kappa shape index (κ1) is 13.2. The molecule has 0 unspecified atom stereocenters. The third kappa shape index (κ3) is 7.79. The first-order chi connectivity index (χ1) is 6.70. The van der Waals surface area contributed by atoms with E-state index in [9.17, 15) is 4.79 Å². The van der Waals surface area contributed by atoms with Gasteiger partial charge in [0, 0.05) is 13.1 Å². The Labute approximate surface area is 90.8 Å². The lowest BCUT2D eigenvalue weighted by atomic mass is 10.4. The molecule has 0 spiro atoms. The van der Waals surface area contributed by atoms with Crippen LogP contribution >= 0.6 is 12.2 Å². The molecule has 82 valence electrons. The van der Waals surface area contributed by atoms with Crippen LogP contribution in [0.15, 0.2) is 0 Å². The van der Waals surface area contributed by atoms with Gasteiger partial charge in [0.2, 0.25) is 5.91 Å². The summed E-state index contributed by atoms with van der Waals surface area (Å²) in [6.45, 7) is 5.87. The van der Waals surface area contributed by atoms with Crippen LogP contribution in [-0.2, 0) is 4.79 Å². The summed E-state index contributed by atoms with van der Waals surface area (Å²) in [6, 6.07) is 0. The summed E-state index contributed by atoms with van der Waals surface area (Å²) in [5.74, 6) is -0.0208. The maximum absolute atomic E-state index is 11.1. The number of carbonyl (C=O) groups excluding carboxylic acids is 1. The van der Waals surface area contributed by atoms with Crippen molar-refractivity contribution in [3.63, 3.8) is 0 Å². The number of amides is 1. The maximum atomic E-state index is 11.1. The van der Waals surface area contributed by atoms with Crippen molar-refractivity contribution in [2.24, 2.45) is 0 Å². The summed E-state index contributed by atoms with van der Waals surface area (Å²) >= 11 is 4.95. The van der Waals surface area contributed by atoms with E-state index >= 15 is 0 Å². The summed E-state index contributed by atoms with van der Waals surface area (Å²) in [4.78, 5) is 11.1. The standard InChI is InChI=1S/C9H19N3OS/c1-3-5-10-8(13)7-12-9(14)11-6-4-2/h3-7H2,1-2H3,(H,10,13)(H2,11,12,14). The van der Waals surface area contributed by atoms with E-state index in [1.54, 1.807) is 0 Å². The van der Waals surface area contributed by atoms with Gasteiger partial charge in [-0.2, -0.15) is 0 Å². The minimum Gasteiger partial charge on any atom is -0.363 e. The van der Waals surface area contributed by atoms with E-state index in [0.717, 1.165) is 25.9 Å². The van der Waals surface area contributed by atoms with Gasteiger partial charge in [-0.3, -0.25) is 4.79 Å². The van der Waals surface area contributed by atoms with E-state index in [1.807, 2.05) is 6.92 Å². The van der Waals surface area contributed by atoms with Crippen molar-refractivity contribution in [3.05, 3.63) is 0 Å². The molecule has 0 aliphatic rings. The number of nitrogens with one attached hydrogen (secondary N) is 3. The van der Waals surface area contributed by atoms with Crippen LogP contribution in [0.3, 0.4) is 0 Å². The maximum Gasteiger partial charge on any atom is 0.239 e. The third-order valence-corrected chi connectivity index (χ3v) is 1.81. The molecule has 0 radical (unpaired) electrons. The zero-order valence-electron chi connectivity index (χ0n) is 8.85. The lowest BCUT2D eigenvalue weighted by molar-refractivity contribution is -0.119. The lowest BCUT2D eigenvalue weighted by Gasteiger charge is -2.09. The summed E-state index contributed by atoms with van der Waals surface area (Å²) in [6.07, 6.45) is 1.97. The zero-order valence-corrected chi connectivity index (χ0v) is 9.67. The van der Waals surface area contributed by atoms with E-state index in [2.05, 4.69) is 22.9 Å². The molecule has 4 nitrogen and oxygen atoms in total. The zero-order chi connectivity index (χ0) is 10.8. The summed E-state index contributed by atoms with van der Waals surface area (Å²) in [5.41, 5.74) is 0. The third-order valence-electron chi connectivity index (χ3n) is 1.52. The van der Waals surface area contributed by atoms with Crippen molar-refractivity contribution in [2.45, 2.75) is 26.7 Å². The molecule has 0 aliphatic heterocycles. The fraction of sp³-hybridized carbons (Fsp3) is 0.778. The van der Waals surface area contributed by atoms with E-state index in [4.69, 9.17) is 12.2 Å². The van der Waals surface area contributed by atoms with Gasteiger partial charge < -0.3 is 16.0 Å². The van der Waals surface area contributed by atoms with E-state index < -0.39 is 0 Å². The van der Waals surface area contributed by atoms with Gasteiger partial charge in [0.15, 0.2) is 5.11 Å². The molecule has 14 heavy (non-hydrogen) atoms. The van der Waals surface area contributed by atoms with Crippen molar-refractivity contribution in [3.8, 4) is 0 Å². The molecule has 0 aromatic rings. The van der Waals surface area contributed by atoms with Gasteiger partial charge in [0.05, 0.1) is 6.54 Å². The number of hydrogen-bond donors (Lipinski definition) is 3. The van der Waals surface area contributed by atoms with Gasteiger partial charge in [-0.25, -0.2) is 0 Å². The fourth-order valence-electron chi connectivity index (χ4n) is 0.789. The Morgan fingerprint density at radius 2 is 1.64 bits per heavy atom. The van der Waals surface area contributed by atoms with Gasteiger partial charge in [0.1, 0.15) is 0 Å². The molecule has 5 heteroatoms. The number of hydrogen-bond acceptors (Lipinski definition) is 2. The predicted molar refractivity (Wildman–Crippen MR) is 62.2 cm³/mol. The summed E-state index contributed by atoms with van der Waals surface area (Å²) in [5, 5.41) is 9.11. The molecule has 0 aromatic heterocycles. The number of thiocarbonyl (C=S) groups is 1. The van der Waals surface area contributed by atoms with Crippen LogP contribution in [0.5, 0.6) is 0 Å². The first-order valence-electron chi connectivity index (χ1n) is 4.99. The Morgan fingerprint density at radius 1 is 1.07 bits per heavy atom. The van der Waals surface area contributed by atoms with Crippen LogP contribution < -0.4 is 16.0 Å². The Kier molecular flexibility index (Phi) is 8.22. The van der Waals surface area contributed by atoms with Gasteiger partial charge in [-0.05, 0) is 25.1 Å². The molecule has 0 saturated carbocycles. The monoisotopic (exact) mass is 217 g/mol. The second kappa shape index (κ2) is 8.74. The van der Waals surface area contributed by atoms with Crippen LogP contribution in [0.1, 0.15) is 26.7 Å². The molecule has 1 amide bonds. The van der Waals surface area contributed by atoms with Crippen molar-refractivity contribution in [1.29, 1.82) is 0 Å². The fourth-order valence-corrected chi connectivity index (χ4v) is 0.963. The average molecular weight is 217 g/mol. The first-order valence-corrected chi connectivity index (χ1v) is 5.39. The predicted octanol–water partition coefficient (Wildman–Crippen LogP) is 0.387. The van der Waals surface area contributed by atoms with Gasteiger partial charge in [0.25, 0.3) is 0 Å². The average Bonchev–Trinajstić information content (AvgIpc) is 2.20. The Balaban J connectivity index is 3.41. The lowest BCUT2D eigenvalue weighted by Crippen LogP contribution is -2.42. The Bertz CT molecular complexity index is 165. The molecule has 0 atom stereocenters. The van der Waals surface area contributed by atoms with Crippen LogP contribution in [-0.4, -0.2) is 30.7 Å². The largest absolute Gasteiger partial charge is 0.363 e. The highest BCUT2D eigenvalue weighted by molar-refractivity contribution is 7.80. The van der Waals surface area contributed by atoms with Gasteiger partial charge in [-0.1, -0.05) is 13.8 Å². The quantitative estimate of drug-likeness (QED) is 0.563. The number of rotatable bonds is 6. The summed E-state index contributed by atoms with van der Waals surface area (Å²) < 4.78 is 0. The van der Waals surface area contributed by atoms with E-state index in [-0.39, 0.29) is 12.5 Å². The Morgan fingerprint density at radius 3 is 2.21 bits per heavy atom. The van der Waals surface area contributed by atoms with Crippen LogP contribution in [0.2, 0.25) is 0 Å². The molecule has 0 saturated heterocycles. The highest BCUT2D eigenvalue weighted by Crippen LogP contribution is 1.74. The minimum atomic E-state index is -0.0208. The minimum absolute atomic E-state index is 0.0208. The Hall–Kier alpha value is -0.840. The molecular formula is C9H19N3OS. The topological polar surface area (TPSA) is 53.2 Å². The molecule has 0 heterocycles. The molecule has 0 fully saturated rings. The van der Waals surface area contributed by atoms with Crippen molar-refractivity contribution in [1.82, 2.24) is 16.0 Å². The molecular weight excluding hydrogens is 198 g/mol. The second-order valence-electron chi connectivity index (χ2n) is 2.96. The normalized spacial score (nSPS) is 9.29. The molecule has 0 aromatic carbocycles.